The molecule has 2 rings (SSSR count). The third-order valence-corrected chi connectivity index (χ3v) is 3.56. The molecule has 0 saturated carbocycles. The Bertz CT molecular complexity index is 321. The van der Waals surface area contributed by atoms with Gasteiger partial charge in [0.2, 0.25) is 0 Å². The van der Waals surface area contributed by atoms with Crippen LogP contribution in [-0.2, 0) is 6.42 Å². The Labute approximate surface area is 94.3 Å². The lowest BCUT2D eigenvalue weighted by molar-refractivity contribution is 0.507. The molecule has 1 aromatic heterocycles. The van der Waals surface area contributed by atoms with Crippen LogP contribution in [0.1, 0.15) is 12.7 Å². The molecule has 0 amide bonds. The monoisotopic (exact) mass is 224 g/mol. The van der Waals surface area contributed by atoms with Gasteiger partial charge in [-0.25, -0.2) is 0 Å². The molecule has 15 heavy (non-hydrogen) atoms. The number of hydrogen-bond acceptors (Lipinski definition) is 4. The van der Waals surface area contributed by atoms with Crippen LogP contribution in [0, 0.1) is 5.92 Å². The van der Waals surface area contributed by atoms with E-state index in [1.54, 1.807) is 6.26 Å². The molecular weight excluding hydrogens is 208 g/mol. The summed E-state index contributed by atoms with van der Waals surface area (Å²) in [5.74, 6) is 2.91. The van der Waals surface area contributed by atoms with E-state index in [9.17, 15) is 0 Å². The first-order valence-corrected chi connectivity index (χ1v) is 6.26. The van der Waals surface area contributed by atoms with Gasteiger partial charge in [-0.1, -0.05) is 18.7 Å². The number of nitrogens with zero attached hydrogens (tertiary/aromatic N) is 1. The summed E-state index contributed by atoms with van der Waals surface area (Å²) in [7, 11) is 0. The molecule has 1 aromatic rings. The molecule has 0 radical (unpaired) electrons. The minimum Gasteiger partial charge on any atom is -0.469 e. The lowest BCUT2D eigenvalue weighted by atomic mass is 10.2. The average Bonchev–Trinajstić information content (AvgIpc) is 2.74. The first kappa shape index (κ1) is 10.6. The maximum absolute atomic E-state index is 5.25. The van der Waals surface area contributed by atoms with Gasteiger partial charge in [-0.05, 0) is 18.1 Å². The lowest BCUT2D eigenvalue weighted by Crippen LogP contribution is -2.27. The molecular formula is C11H16N2OS. The van der Waals surface area contributed by atoms with Crippen LogP contribution in [0.15, 0.2) is 27.8 Å². The molecule has 1 N–H and O–H groups in total. The molecule has 2 heterocycles. The zero-order chi connectivity index (χ0) is 10.5. The zero-order valence-electron chi connectivity index (χ0n) is 8.90. The van der Waals surface area contributed by atoms with Gasteiger partial charge in [-0.2, -0.15) is 0 Å². The Balaban J connectivity index is 1.70. The van der Waals surface area contributed by atoms with Crippen LogP contribution in [0.3, 0.4) is 0 Å². The van der Waals surface area contributed by atoms with Crippen molar-refractivity contribution in [2.45, 2.75) is 13.3 Å². The van der Waals surface area contributed by atoms with Crippen molar-refractivity contribution in [2.24, 2.45) is 10.9 Å². The topological polar surface area (TPSA) is 37.5 Å². The van der Waals surface area contributed by atoms with Gasteiger partial charge in [0.1, 0.15) is 5.76 Å². The predicted molar refractivity (Wildman–Crippen MR) is 64.3 cm³/mol. The highest BCUT2D eigenvalue weighted by Gasteiger charge is 2.11. The summed E-state index contributed by atoms with van der Waals surface area (Å²) in [4.78, 5) is 4.47. The SMILES string of the molecule is CC1CN=C(NCCc2ccco2)SC1. The van der Waals surface area contributed by atoms with Gasteiger partial charge >= 0.3 is 0 Å². The van der Waals surface area contributed by atoms with Crippen LogP contribution in [0.25, 0.3) is 0 Å². The molecule has 82 valence electrons. The summed E-state index contributed by atoms with van der Waals surface area (Å²) in [6.07, 6.45) is 2.63. The molecule has 1 aliphatic heterocycles. The van der Waals surface area contributed by atoms with Gasteiger partial charge in [-0.15, -0.1) is 0 Å². The summed E-state index contributed by atoms with van der Waals surface area (Å²) in [5, 5.41) is 4.42. The van der Waals surface area contributed by atoms with Crippen molar-refractivity contribution in [3.63, 3.8) is 0 Å². The summed E-state index contributed by atoms with van der Waals surface area (Å²) in [6, 6.07) is 3.92. The quantitative estimate of drug-likeness (QED) is 0.855. The second-order valence-corrected chi connectivity index (χ2v) is 4.83. The van der Waals surface area contributed by atoms with E-state index in [2.05, 4.69) is 17.2 Å². The maximum atomic E-state index is 5.25. The fourth-order valence-electron chi connectivity index (χ4n) is 1.41. The Morgan fingerprint density at radius 1 is 1.67 bits per heavy atom. The van der Waals surface area contributed by atoms with Crippen LogP contribution in [0.2, 0.25) is 0 Å². The highest BCUT2D eigenvalue weighted by molar-refractivity contribution is 8.13. The first-order chi connectivity index (χ1) is 7.34. The Morgan fingerprint density at radius 3 is 3.27 bits per heavy atom. The second-order valence-electron chi connectivity index (χ2n) is 3.82. The standard InChI is InChI=1S/C11H16N2OS/c1-9-7-13-11(15-8-9)12-5-4-10-3-2-6-14-10/h2-3,6,9H,4-5,7-8H2,1H3,(H,12,13). The van der Waals surface area contributed by atoms with Gasteiger partial charge in [0.15, 0.2) is 5.17 Å². The number of thioether (sulfide) groups is 1. The number of aliphatic imine (C=N–C) groups is 1. The molecule has 1 aliphatic rings. The molecule has 1 atom stereocenters. The molecule has 3 nitrogen and oxygen atoms in total. The van der Waals surface area contributed by atoms with Crippen LogP contribution >= 0.6 is 11.8 Å². The summed E-state index contributed by atoms with van der Waals surface area (Å²) in [6.45, 7) is 4.08. The van der Waals surface area contributed by atoms with Crippen molar-refractivity contribution < 1.29 is 4.42 Å². The van der Waals surface area contributed by atoms with Crippen LogP contribution < -0.4 is 5.32 Å². The number of furan rings is 1. The van der Waals surface area contributed by atoms with E-state index in [0.29, 0.717) is 5.92 Å². The van der Waals surface area contributed by atoms with Crippen molar-refractivity contribution in [3.8, 4) is 0 Å². The van der Waals surface area contributed by atoms with Gasteiger partial charge < -0.3 is 9.73 Å². The van der Waals surface area contributed by atoms with Gasteiger partial charge in [-0.3, -0.25) is 4.99 Å². The van der Waals surface area contributed by atoms with Gasteiger partial charge in [0.25, 0.3) is 0 Å². The average molecular weight is 224 g/mol. The van der Waals surface area contributed by atoms with Gasteiger partial charge in [0.05, 0.1) is 6.26 Å². The minimum atomic E-state index is 0.714. The Kier molecular flexibility index (Phi) is 3.72. The molecule has 0 bridgehead atoms. The second kappa shape index (κ2) is 5.26. The van der Waals surface area contributed by atoms with E-state index in [1.807, 2.05) is 23.9 Å². The molecule has 0 spiro atoms. The molecule has 4 heteroatoms. The van der Waals surface area contributed by atoms with Crippen molar-refractivity contribution in [2.75, 3.05) is 18.8 Å². The highest BCUT2D eigenvalue weighted by atomic mass is 32.2. The summed E-state index contributed by atoms with van der Waals surface area (Å²) in [5.41, 5.74) is 0. The van der Waals surface area contributed by atoms with E-state index in [-0.39, 0.29) is 0 Å². The van der Waals surface area contributed by atoms with Crippen LogP contribution in [0.4, 0.5) is 0 Å². The molecule has 0 aromatic carbocycles. The zero-order valence-corrected chi connectivity index (χ0v) is 9.72. The maximum Gasteiger partial charge on any atom is 0.156 e. The number of rotatable bonds is 3. The van der Waals surface area contributed by atoms with Gasteiger partial charge in [0, 0.05) is 25.3 Å². The first-order valence-electron chi connectivity index (χ1n) is 5.28. The van der Waals surface area contributed by atoms with E-state index in [0.717, 1.165) is 30.4 Å². The molecule has 0 aliphatic carbocycles. The van der Waals surface area contributed by atoms with E-state index in [4.69, 9.17) is 4.42 Å². The Morgan fingerprint density at radius 2 is 2.60 bits per heavy atom. The van der Waals surface area contributed by atoms with Crippen molar-refractivity contribution in [1.29, 1.82) is 0 Å². The molecule has 1 unspecified atom stereocenters. The predicted octanol–water partition coefficient (Wildman–Crippen LogP) is 2.15. The number of hydrogen-bond donors (Lipinski definition) is 1. The summed E-state index contributed by atoms with van der Waals surface area (Å²) < 4.78 is 5.25. The largest absolute Gasteiger partial charge is 0.469 e. The normalized spacial score (nSPS) is 21.1. The molecule has 0 fully saturated rings. The lowest BCUT2D eigenvalue weighted by Gasteiger charge is -2.17. The van der Waals surface area contributed by atoms with Crippen molar-refractivity contribution >= 4 is 16.9 Å². The van der Waals surface area contributed by atoms with E-state index >= 15 is 0 Å². The van der Waals surface area contributed by atoms with Crippen LogP contribution in [-0.4, -0.2) is 24.0 Å². The summed E-state index contributed by atoms with van der Waals surface area (Å²) >= 11 is 1.82. The highest BCUT2D eigenvalue weighted by Crippen LogP contribution is 2.15. The smallest absolute Gasteiger partial charge is 0.156 e. The van der Waals surface area contributed by atoms with Crippen molar-refractivity contribution in [3.05, 3.63) is 24.2 Å². The van der Waals surface area contributed by atoms with E-state index in [1.165, 1.54) is 5.75 Å². The van der Waals surface area contributed by atoms with Crippen molar-refractivity contribution in [1.82, 2.24) is 5.32 Å². The van der Waals surface area contributed by atoms with Crippen LogP contribution in [0.5, 0.6) is 0 Å². The fraction of sp³-hybridized carbons (Fsp3) is 0.545. The third kappa shape index (κ3) is 3.30. The van der Waals surface area contributed by atoms with E-state index < -0.39 is 0 Å². The molecule has 0 saturated heterocycles. The minimum absolute atomic E-state index is 0.714. The number of nitrogens with one attached hydrogen (secondary N) is 1. The fourth-order valence-corrected chi connectivity index (χ4v) is 2.33. The third-order valence-electron chi connectivity index (χ3n) is 2.28. The Hall–Kier alpha value is -0.900. The number of amidine groups is 1.